The van der Waals surface area contributed by atoms with E-state index < -0.39 is 5.60 Å². The number of hydrogen-bond donors (Lipinski definition) is 1. The predicted molar refractivity (Wildman–Crippen MR) is 28.6 cm³/mol. The third kappa shape index (κ3) is 0.996. The first-order valence-electron chi connectivity index (χ1n) is 2.44. The number of hydrogen-bond acceptors (Lipinski definition) is 2. The van der Waals surface area contributed by atoms with Crippen LogP contribution in [0.15, 0.2) is 4.99 Å². The maximum absolute atomic E-state index is 9.05. The first-order valence-corrected chi connectivity index (χ1v) is 2.44. The highest BCUT2D eigenvalue weighted by Crippen LogP contribution is 2.10. The van der Waals surface area contributed by atoms with Gasteiger partial charge in [-0.3, -0.25) is 4.99 Å². The van der Waals surface area contributed by atoms with E-state index in [2.05, 4.69) is 4.99 Å². The Kier molecular flexibility index (Phi) is 0.889. The van der Waals surface area contributed by atoms with Crippen LogP contribution in [0.1, 0.15) is 13.3 Å². The molecule has 2 heteroatoms. The number of aliphatic imine (C=N–C) groups is 1. The fourth-order valence-corrected chi connectivity index (χ4v) is 0.617. The zero-order chi connectivity index (χ0) is 5.33. The molecule has 0 spiro atoms. The molecule has 0 saturated carbocycles. The zero-order valence-electron chi connectivity index (χ0n) is 4.39. The molecule has 0 unspecified atom stereocenters. The molecule has 0 aromatic heterocycles. The molecule has 0 saturated heterocycles. The Hall–Kier alpha value is -0.370. The third-order valence-electron chi connectivity index (χ3n) is 1.12. The lowest BCUT2D eigenvalue weighted by Crippen LogP contribution is -2.21. The molecule has 0 radical (unpaired) electrons. The molecule has 40 valence electrons. The van der Waals surface area contributed by atoms with Gasteiger partial charge in [-0.1, -0.05) is 0 Å². The zero-order valence-corrected chi connectivity index (χ0v) is 4.39. The van der Waals surface area contributed by atoms with E-state index >= 15 is 0 Å². The molecule has 0 aromatic rings. The van der Waals surface area contributed by atoms with Gasteiger partial charge in [-0.05, 0) is 6.92 Å². The van der Waals surface area contributed by atoms with Crippen molar-refractivity contribution in [2.24, 2.45) is 4.99 Å². The van der Waals surface area contributed by atoms with Gasteiger partial charge in [0.1, 0.15) is 0 Å². The van der Waals surface area contributed by atoms with Crippen LogP contribution in [0, 0.1) is 0 Å². The van der Waals surface area contributed by atoms with Crippen molar-refractivity contribution in [3.63, 3.8) is 0 Å². The van der Waals surface area contributed by atoms with Gasteiger partial charge in [0, 0.05) is 19.2 Å². The summed E-state index contributed by atoms with van der Waals surface area (Å²) in [6, 6.07) is 0. The molecule has 1 atom stereocenters. The molecule has 0 fully saturated rings. The van der Waals surface area contributed by atoms with E-state index in [0.29, 0.717) is 0 Å². The van der Waals surface area contributed by atoms with Crippen LogP contribution in [0.5, 0.6) is 0 Å². The summed E-state index contributed by atoms with van der Waals surface area (Å²) >= 11 is 0. The molecule has 2 nitrogen and oxygen atoms in total. The maximum atomic E-state index is 9.05. The van der Waals surface area contributed by atoms with Gasteiger partial charge in [-0.25, -0.2) is 0 Å². The normalized spacial score (nSPS) is 39.7. The molecular formula is C5H9NO. The second-order valence-corrected chi connectivity index (χ2v) is 2.14. The van der Waals surface area contributed by atoms with Crippen molar-refractivity contribution in [2.75, 3.05) is 6.54 Å². The van der Waals surface area contributed by atoms with Crippen LogP contribution in [0.25, 0.3) is 0 Å². The Morgan fingerprint density at radius 3 is 2.71 bits per heavy atom. The third-order valence-corrected chi connectivity index (χ3v) is 1.12. The second-order valence-electron chi connectivity index (χ2n) is 2.14. The predicted octanol–water partition coefficient (Wildman–Crippen LogP) is 0.212. The second kappa shape index (κ2) is 1.30. The van der Waals surface area contributed by atoms with Gasteiger partial charge in [0.05, 0.1) is 5.60 Å². The molecule has 1 rings (SSSR count). The summed E-state index contributed by atoms with van der Waals surface area (Å²) < 4.78 is 0. The van der Waals surface area contributed by atoms with Crippen molar-refractivity contribution in [1.29, 1.82) is 0 Å². The largest absolute Gasteiger partial charge is 0.384 e. The average molecular weight is 99.1 g/mol. The first kappa shape index (κ1) is 4.78. The van der Waals surface area contributed by atoms with E-state index in [-0.39, 0.29) is 0 Å². The van der Waals surface area contributed by atoms with Gasteiger partial charge in [0.15, 0.2) is 0 Å². The molecule has 1 heterocycles. The average Bonchev–Trinajstić information content (AvgIpc) is 1.84. The summed E-state index contributed by atoms with van der Waals surface area (Å²) in [5.74, 6) is 0. The van der Waals surface area contributed by atoms with Gasteiger partial charge < -0.3 is 5.11 Å². The van der Waals surface area contributed by atoms with E-state index in [1.807, 2.05) is 0 Å². The lowest BCUT2D eigenvalue weighted by atomic mass is 10.1. The minimum Gasteiger partial charge on any atom is -0.384 e. The van der Waals surface area contributed by atoms with Crippen LogP contribution in [-0.2, 0) is 0 Å². The topological polar surface area (TPSA) is 32.6 Å². The SMILES string of the molecule is C[C@]1(O)C=NCC1. The lowest BCUT2D eigenvalue weighted by molar-refractivity contribution is 0.139. The van der Waals surface area contributed by atoms with Crippen LogP contribution in [-0.4, -0.2) is 23.5 Å². The van der Waals surface area contributed by atoms with Gasteiger partial charge in [0.2, 0.25) is 0 Å². The summed E-state index contributed by atoms with van der Waals surface area (Å²) in [5, 5.41) is 9.05. The molecule has 0 bridgehead atoms. The van der Waals surface area contributed by atoms with E-state index in [4.69, 9.17) is 5.11 Å². The van der Waals surface area contributed by atoms with E-state index in [9.17, 15) is 0 Å². The quantitative estimate of drug-likeness (QED) is 0.462. The Bertz CT molecular complexity index is 96.3. The standard InChI is InChI=1S/C5H9NO/c1-5(7)2-3-6-4-5/h4,7H,2-3H2,1H3/t5-/m1/s1. The van der Waals surface area contributed by atoms with Crippen LogP contribution >= 0.6 is 0 Å². The Balaban J connectivity index is 2.57. The van der Waals surface area contributed by atoms with Gasteiger partial charge >= 0.3 is 0 Å². The fraction of sp³-hybridized carbons (Fsp3) is 0.800. The monoisotopic (exact) mass is 99.1 g/mol. The van der Waals surface area contributed by atoms with Crippen molar-refractivity contribution in [1.82, 2.24) is 0 Å². The van der Waals surface area contributed by atoms with Crippen LogP contribution < -0.4 is 0 Å². The van der Waals surface area contributed by atoms with Gasteiger partial charge in [-0.15, -0.1) is 0 Å². The summed E-state index contributed by atoms with van der Waals surface area (Å²) in [5.41, 5.74) is -0.597. The molecule has 7 heavy (non-hydrogen) atoms. The minimum atomic E-state index is -0.597. The van der Waals surface area contributed by atoms with Crippen molar-refractivity contribution < 1.29 is 5.11 Å². The van der Waals surface area contributed by atoms with Gasteiger partial charge in [0.25, 0.3) is 0 Å². The van der Waals surface area contributed by atoms with Crippen molar-refractivity contribution >= 4 is 6.21 Å². The van der Waals surface area contributed by atoms with Gasteiger partial charge in [-0.2, -0.15) is 0 Å². The first-order chi connectivity index (χ1) is 3.21. The Morgan fingerprint density at radius 2 is 2.57 bits per heavy atom. The summed E-state index contributed by atoms with van der Waals surface area (Å²) in [6.45, 7) is 2.55. The highest BCUT2D eigenvalue weighted by atomic mass is 16.3. The van der Waals surface area contributed by atoms with Crippen LogP contribution in [0.2, 0.25) is 0 Å². The summed E-state index contributed by atoms with van der Waals surface area (Å²) in [4.78, 5) is 3.86. The van der Waals surface area contributed by atoms with Crippen LogP contribution in [0.4, 0.5) is 0 Å². The van der Waals surface area contributed by atoms with Crippen molar-refractivity contribution in [2.45, 2.75) is 18.9 Å². The van der Waals surface area contributed by atoms with E-state index in [0.717, 1.165) is 13.0 Å². The number of nitrogens with zero attached hydrogens (tertiary/aromatic N) is 1. The minimum absolute atomic E-state index is 0.597. The molecule has 0 aromatic carbocycles. The van der Waals surface area contributed by atoms with Crippen molar-refractivity contribution in [3.05, 3.63) is 0 Å². The maximum Gasteiger partial charge on any atom is 0.0982 e. The molecular weight excluding hydrogens is 90.1 g/mol. The molecule has 1 aliphatic heterocycles. The van der Waals surface area contributed by atoms with Crippen LogP contribution in [0.3, 0.4) is 0 Å². The highest BCUT2D eigenvalue weighted by molar-refractivity contribution is 5.69. The molecule has 0 amide bonds. The number of rotatable bonds is 0. The molecule has 1 N–H and O–H groups in total. The molecule has 1 aliphatic rings. The highest BCUT2D eigenvalue weighted by Gasteiger charge is 2.19. The van der Waals surface area contributed by atoms with E-state index in [1.165, 1.54) is 0 Å². The number of aliphatic hydroxyl groups is 1. The summed E-state index contributed by atoms with van der Waals surface area (Å²) in [6.07, 6.45) is 2.39. The Morgan fingerprint density at radius 1 is 1.86 bits per heavy atom. The molecule has 0 aliphatic carbocycles. The summed E-state index contributed by atoms with van der Waals surface area (Å²) in [7, 11) is 0. The fourth-order valence-electron chi connectivity index (χ4n) is 0.617. The lowest BCUT2D eigenvalue weighted by Gasteiger charge is -2.08. The smallest absolute Gasteiger partial charge is 0.0982 e. The Labute approximate surface area is 42.9 Å². The van der Waals surface area contributed by atoms with Crippen molar-refractivity contribution in [3.8, 4) is 0 Å². The van der Waals surface area contributed by atoms with E-state index in [1.54, 1.807) is 13.1 Å².